The van der Waals surface area contributed by atoms with Crippen LogP contribution in [0, 0.1) is 5.92 Å². The Morgan fingerprint density at radius 2 is 1.29 bits per heavy atom. The number of benzene rings is 4. The van der Waals surface area contributed by atoms with Crippen molar-refractivity contribution in [1.82, 2.24) is 40.4 Å². The van der Waals surface area contributed by atoms with Crippen molar-refractivity contribution < 1.29 is 42.9 Å². The molecule has 3 aliphatic heterocycles. The third-order valence-corrected chi connectivity index (χ3v) is 12.5. The number of carbonyl (C=O) groups excluding carboxylic acids is 5. The van der Waals surface area contributed by atoms with E-state index in [0.717, 1.165) is 44.4 Å². The topological polar surface area (TPSA) is 210 Å². The molecule has 340 valence electrons. The Labute approximate surface area is 380 Å². The molecule has 4 amide bonds. The fourth-order valence-corrected chi connectivity index (χ4v) is 9.08. The zero-order valence-corrected chi connectivity index (χ0v) is 36.9. The molecule has 17 nitrogen and oxygen atoms in total. The van der Waals surface area contributed by atoms with Gasteiger partial charge in [-0.2, -0.15) is 0 Å². The number of methoxy groups -OCH3 is 2. The van der Waals surface area contributed by atoms with Crippen molar-refractivity contribution >= 4 is 40.6 Å². The van der Waals surface area contributed by atoms with Crippen LogP contribution in [-0.4, -0.2) is 112 Å². The number of aromatic amines is 2. The predicted molar refractivity (Wildman–Crippen MR) is 241 cm³/mol. The lowest BCUT2D eigenvalue weighted by atomic mass is 9.98. The van der Waals surface area contributed by atoms with Crippen molar-refractivity contribution in [3.8, 4) is 33.6 Å². The van der Waals surface area contributed by atoms with Crippen LogP contribution in [0.15, 0.2) is 103 Å². The number of hydrogen-bond acceptors (Lipinski definition) is 11. The average molecular weight is 895 g/mol. The van der Waals surface area contributed by atoms with Gasteiger partial charge in [0.05, 0.1) is 76.4 Å². The molecule has 3 saturated heterocycles. The summed E-state index contributed by atoms with van der Waals surface area (Å²) in [5, 5.41) is 7.36. The zero-order chi connectivity index (χ0) is 46.1. The summed E-state index contributed by atoms with van der Waals surface area (Å²) in [5.74, 6) is -0.911. The van der Waals surface area contributed by atoms with Crippen molar-refractivity contribution in [2.45, 2.75) is 56.6 Å². The molecule has 4 atom stereocenters. The fourth-order valence-electron chi connectivity index (χ4n) is 9.08. The van der Waals surface area contributed by atoms with Crippen molar-refractivity contribution in [2.75, 3.05) is 40.5 Å². The summed E-state index contributed by atoms with van der Waals surface area (Å²) in [6, 6.07) is 26.4. The van der Waals surface area contributed by atoms with E-state index >= 15 is 0 Å². The number of carbonyl (C=O) groups is 5. The third-order valence-electron chi connectivity index (χ3n) is 12.5. The monoisotopic (exact) mass is 894 g/mol. The maximum atomic E-state index is 14.0. The van der Waals surface area contributed by atoms with Gasteiger partial charge in [-0.05, 0) is 51.1 Å². The zero-order valence-electron chi connectivity index (χ0n) is 36.9. The van der Waals surface area contributed by atoms with Gasteiger partial charge in [0.15, 0.2) is 11.6 Å². The third kappa shape index (κ3) is 8.74. The molecule has 0 radical (unpaired) electrons. The number of imidazole rings is 2. The van der Waals surface area contributed by atoms with Crippen LogP contribution in [0.25, 0.3) is 44.4 Å². The number of hydrogen-bond donors (Lipinski definition) is 4. The van der Waals surface area contributed by atoms with E-state index in [9.17, 15) is 24.0 Å². The van der Waals surface area contributed by atoms with Gasteiger partial charge in [0.1, 0.15) is 23.7 Å². The summed E-state index contributed by atoms with van der Waals surface area (Å²) >= 11 is 0. The molecule has 6 aromatic rings. The van der Waals surface area contributed by atoms with Crippen LogP contribution < -0.4 is 10.6 Å². The maximum Gasteiger partial charge on any atom is 0.407 e. The Bertz CT molecular complexity index is 2780. The average Bonchev–Trinajstić information content (AvgIpc) is 4.21. The molecule has 9 rings (SSSR count). The first-order valence-electron chi connectivity index (χ1n) is 21.8. The summed E-state index contributed by atoms with van der Waals surface area (Å²) < 4.78 is 21.7. The number of alkyl carbamates (subject to hydrolysis) is 2. The SMILES string of the molecule is COC(=O)N[C@H](C(=O)N1CC2(C[C@H]1c1ncc(-c3ccc(-c4ccc5cc(-c6cnc([C@@H]7CC(=O)CN7C(=O)[C@H](NC(=O)OC)c7ccccc7)[nH]6)ccc5c4)cc3)[nH]1)OCCO2)C(C)C. The van der Waals surface area contributed by atoms with Crippen LogP contribution in [0.5, 0.6) is 0 Å². The summed E-state index contributed by atoms with van der Waals surface area (Å²) in [7, 11) is 2.49. The van der Waals surface area contributed by atoms with Crippen LogP contribution in [0.1, 0.15) is 62.0 Å². The molecule has 17 heteroatoms. The molecule has 4 aromatic carbocycles. The number of ether oxygens (including phenoxy) is 4. The van der Waals surface area contributed by atoms with E-state index < -0.39 is 48.0 Å². The largest absolute Gasteiger partial charge is 0.453 e. The van der Waals surface area contributed by atoms with Crippen molar-refractivity contribution in [2.24, 2.45) is 5.92 Å². The minimum absolute atomic E-state index is 0.0916. The molecule has 3 aliphatic rings. The lowest BCUT2D eigenvalue weighted by molar-refractivity contribution is -0.153. The summed E-state index contributed by atoms with van der Waals surface area (Å²) in [4.78, 5) is 84.5. The van der Waals surface area contributed by atoms with E-state index in [0.29, 0.717) is 36.8 Å². The lowest BCUT2D eigenvalue weighted by Crippen LogP contribution is -2.52. The summed E-state index contributed by atoms with van der Waals surface area (Å²) in [6.45, 7) is 4.68. The Kier molecular flexibility index (Phi) is 12.1. The number of ketones is 1. The van der Waals surface area contributed by atoms with Crippen LogP contribution in [0.4, 0.5) is 9.59 Å². The first-order valence-corrected chi connectivity index (χ1v) is 21.8. The molecule has 66 heavy (non-hydrogen) atoms. The van der Waals surface area contributed by atoms with Gasteiger partial charge in [-0.1, -0.05) is 92.7 Å². The van der Waals surface area contributed by atoms with Gasteiger partial charge >= 0.3 is 12.2 Å². The number of likely N-dealkylation sites (tertiary alicyclic amines) is 2. The molecule has 2 aromatic heterocycles. The molecule has 5 heterocycles. The first-order chi connectivity index (χ1) is 31.9. The molecule has 1 spiro atoms. The van der Waals surface area contributed by atoms with Crippen LogP contribution in [0.2, 0.25) is 0 Å². The highest BCUT2D eigenvalue weighted by atomic mass is 16.7. The molecule has 4 N–H and O–H groups in total. The molecular formula is C49H50N8O9. The highest BCUT2D eigenvalue weighted by Crippen LogP contribution is 2.43. The van der Waals surface area contributed by atoms with Crippen LogP contribution in [-0.2, 0) is 33.3 Å². The van der Waals surface area contributed by atoms with Gasteiger partial charge in [0.25, 0.3) is 5.91 Å². The van der Waals surface area contributed by atoms with E-state index in [1.807, 2.05) is 44.2 Å². The van der Waals surface area contributed by atoms with Gasteiger partial charge in [-0.15, -0.1) is 0 Å². The Balaban J connectivity index is 0.898. The van der Waals surface area contributed by atoms with Gasteiger partial charge in [-0.3, -0.25) is 14.4 Å². The van der Waals surface area contributed by atoms with Gasteiger partial charge < -0.3 is 49.3 Å². The number of Topliss-reactive ketones (excluding diaryl/α,β-unsaturated/α-hetero) is 1. The molecule has 3 fully saturated rings. The van der Waals surface area contributed by atoms with Crippen LogP contribution in [0.3, 0.4) is 0 Å². The van der Waals surface area contributed by atoms with Crippen molar-refractivity contribution in [1.29, 1.82) is 0 Å². The Morgan fingerprint density at radius 1 is 0.712 bits per heavy atom. The first kappa shape index (κ1) is 43.9. The highest BCUT2D eigenvalue weighted by Gasteiger charge is 2.53. The van der Waals surface area contributed by atoms with E-state index in [1.54, 1.807) is 41.6 Å². The number of nitrogens with zero attached hydrogens (tertiary/aromatic N) is 4. The number of rotatable bonds is 11. The Hall–Kier alpha value is -7.37. The number of amides is 4. The standard InChI is InChI=1S/C49H50N8O9/c1-28(2)41(54-47(61)63-3)45(59)57-27-49(65-18-19-66-49)23-40(57)44-51-24-37(52-44)30-12-10-29(11-13-30)32-14-15-34-21-35(17-16-33(34)20-32)38-25-50-43(53-38)39-22-36(58)26-56(39)46(60)42(55-48(62)64-4)31-8-6-5-7-9-31/h5-17,20-21,24-25,28,39-42H,18-19,22-23,26-27H2,1-4H3,(H,50,53)(H,51,52)(H,54,61)(H,55,62)/t39-,40-,41-,42+/m0/s1. The smallest absolute Gasteiger partial charge is 0.407 e. The van der Waals surface area contributed by atoms with Crippen molar-refractivity contribution in [3.63, 3.8) is 0 Å². The molecule has 0 unspecified atom stereocenters. The van der Waals surface area contributed by atoms with Gasteiger partial charge in [-0.25, -0.2) is 19.6 Å². The van der Waals surface area contributed by atoms with Gasteiger partial charge in [0, 0.05) is 18.4 Å². The van der Waals surface area contributed by atoms with Crippen molar-refractivity contribution in [3.05, 3.63) is 121 Å². The highest BCUT2D eigenvalue weighted by molar-refractivity contribution is 5.94. The number of nitrogens with one attached hydrogen (secondary N) is 4. The number of aromatic nitrogens is 4. The summed E-state index contributed by atoms with van der Waals surface area (Å²) in [5.41, 5.74) is 5.93. The normalized spacial score (nSPS) is 18.8. The van der Waals surface area contributed by atoms with E-state index in [1.165, 1.54) is 19.1 Å². The second-order valence-electron chi connectivity index (χ2n) is 17.1. The van der Waals surface area contributed by atoms with Crippen LogP contribution >= 0.6 is 0 Å². The maximum absolute atomic E-state index is 14.0. The Morgan fingerprint density at radius 3 is 1.94 bits per heavy atom. The molecule has 0 bridgehead atoms. The van der Waals surface area contributed by atoms with E-state index in [4.69, 9.17) is 23.9 Å². The van der Waals surface area contributed by atoms with Gasteiger partial charge in [0.2, 0.25) is 5.91 Å². The lowest BCUT2D eigenvalue weighted by Gasteiger charge is -2.30. The summed E-state index contributed by atoms with van der Waals surface area (Å²) in [6.07, 6.45) is 2.50. The minimum Gasteiger partial charge on any atom is -0.453 e. The fraction of sp³-hybridized carbons (Fsp3) is 0.327. The predicted octanol–water partition coefficient (Wildman–Crippen LogP) is 6.62. The second-order valence-corrected chi connectivity index (χ2v) is 17.1. The second kappa shape index (κ2) is 18.3. The quantitative estimate of drug-likeness (QED) is 0.109. The van der Waals surface area contributed by atoms with E-state index in [-0.39, 0.29) is 37.1 Å². The van der Waals surface area contributed by atoms with E-state index in [2.05, 4.69) is 62.0 Å². The number of H-pyrrole nitrogens is 2. The molecule has 0 saturated carbocycles. The minimum atomic E-state index is -1.05. The number of fused-ring (bicyclic) bond motifs is 1. The molecular weight excluding hydrogens is 845 g/mol. The molecule has 0 aliphatic carbocycles.